The number of hydrogen-bond acceptors (Lipinski definition) is 5. The van der Waals surface area contributed by atoms with Gasteiger partial charge in [-0.2, -0.15) is 0 Å². The van der Waals surface area contributed by atoms with Gasteiger partial charge >= 0.3 is 0 Å². The van der Waals surface area contributed by atoms with Crippen molar-refractivity contribution in [1.29, 1.82) is 0 Å². The summed E-state index contributed by atoms with van der Waals surface area (Å²) in [5.74, 6) is 2.40. The van der Waals surface area contributed by atoms with Crippen LogP contribution in [-0.4, -0.2) is 31.3 Å². The molecule has 0 atom stereocenters. The van der Waals surface area contributed by atoms with E-state index in [0.29, 0.717) is 5.92 Å². The van der Waals surface area contributed by atoms with Crippen LogP contribution in [0.2, 0.25) is 0 Å². The second kappa shape index (κ2) is 7.28. The molecule has 2 aliphatic rings. The van der Waals surface area contributed by atoms with Gasteiger partial charge < -0.3 is 9.47 Å². The summed E-state index contributed by atoms with van der Waals surface area (Å²) in [5, 5.41) is 8.42. The smallest absolute Gasteiger partial charge is 0.182 e. The molecule has 29 heavy (non-hydrogen) atoms. The summed E-state index contributed by atoms with van der Waals surface area (Å²) in [6.45, 7) is 5.06. The van der Waals surface area contributed by atoms with Crippen molar-refractivity contribution in [1.82, 2.24) is 24.7 Å². The lowest BCUT2D eigenvalue weighted by molar-refractivity contribution is 0.603. The van der Waals surface area contributed by atoms with E-state index in [1.807, 2.05) is 18.5 Å². The number of nitrogens with zero attached hydrogens (tertiary/aromatic N) is 6. The first kappa shape index (κ1) is 17.8. The number of pyridine rings is 2. The third-order valence-electron chi connectivity index (χ3n) is 5.51. The summed E-state index contributed by atoms with van der Waals surface area (Å²) < 4.78 is 2.06. The summed E-state index contributed by atoms with van der Waals surface area (Å²) >= 11 is 0. The van der Waals surface area contributed by atoms with Crippen LogP contribution in [0.5, 0.6) is 0 Å². The maximum atomic E-state index is 4.99. The zero-order valence-electron chi connectivity index (χ0n) is 16.7. The topological polar surface area (TPSA) is 59.7 Å². The van der Waals surface area contributed by atoms with Crippen molar-refractivity contribution in [3.63, 3.8) is 0 Å². The quantitative estimate of drug-likeness (QED) is 0.648. The monoisotopic (exact) mass is 384 g/mol. The van der Waals surface area contributed by atoms with Gasteiger partial charge in [0.1, 0.15) is 17.8 Å². The molecule has 0 amide bonds. The van der Waals surface area contributed by atoms with Crippen LogP contribution in [0, 0.1) is 5.92 Å². The highest BCUT2D eigenvalue weighted by Gasteiger charge is 2.32. The fraction of sp³-hybridized carbons (Fsp3) is 0.304. The van der Waals surface area contributed by atoms with E-state index in [1.54, 1.807) is 6.33 Å². The SMILES string of the molecule is CC(C)n1cnnc1-c1cccc(N2CC(c3ccncc3)=CC=C2C2CC2)n1. The highest BCUT2D eigenvalue weighted by molar-refractivity contribution is 5.75. The number of rotatable bonds is 5. The first-order valence-corrected chi connectivity index (χ1v) is 10.2. The Morgan fingerprint density at radius 3 is 2.62 bits per heavy atom. The van der Waals surface area contributed by atoms with Gasteiger partial charge in [-0.1, -0.05) is 12.1 Å². The molecule has 6 heteroatoms. The molecule has 0 unspecified atom stereocenters. The van der Waals surface area contributed by atoms with Crippen LogP contribution in [0.1, 0.15) is 38.3 Å². The molecular formula is C23H24N6. The van der Waals surface area contributed by atoms with Crippen LogP contribution in [0.15, 0.2) is 66.9 Å². The molecule has 0 radical (unpaired) electrons. The highest BCUT2D eigenvalue weighted by Crippen LogP contribution is 2.42. The van der Waals surface area contributed by atoms with Crippen molar-refractivity contribution >= 4 is 11.4 Å². The van der Waals surface area contributed by atoms with E-state index < -0.39 is 0 Å². The Balaban J connectivity index is 1.52. The van der Waals surface area contributed by atoms with Gasteiger partial charge in [0.25, 0.3) is 0 Å². The minimum absolute atomic E-state index is 0.281. The average Bonchev–Trinajstić information content (AvgIpc) is 3.49. The summed E-state index contributed by atoms with van der Waals surface area (Å²) in [6.07, 6.45) is 12.5. The maximum Gasteiger partial charge on any atom is 0.182 e. The van der Waals surface area contributed by atoms with Crippen LogP contribution in [0.25, 0.3) is 17.1 Å². The summed E-state index contributed by atoms with van der Waals surface area (Å²) in [5.41, 5.74) is 4.68. The van der Waals surface area contributed by atoms with E-state index in [4.69, 9.17) is 4.98 Å². The zero-order chi connectivity index (χ0) is 19.8. The predicted molar refractivity (Wildman–Crippen MR) is 114 cm³/mol. The van der Waals surface area contributed by atoms with Gasteiger partial charge in [-0.3, -0.25) is 4.98 Å². The molecule has 3 aromatic rings. The molecule has 146 valence electrons. The minimum atomic E-state index is 0.281. The van der Waals surface area contributed by atoms with Crippen molar-refractivity contribution in [3.8, 4) is 11.5 Å². The zero-order valence-corrected chi connectivity index (χ0v) is 16.7. The Bertz CT molecular complexity index is 1080. The Kier molecular flexibility index (Phi) is 4.46. The van der Waals surface area contributed by atoms with E-state index in [-0.39, 0.29) is 6.04 Å². The van der Waals surface area contributed by atoms with Gasteiger partial charge in [0.05, 0.1) is 0 Å². The first-order chi connectivity index (χ1) is 14.2. The van der Waals surface area contributed by atoms with E-state index in [0.717, 1.165) is 23.9 Å². The van der Waals surface area contributed by atoms with Crippen LogP contribution < -0.4 is 4.90 Å². The third kappa shape index (κ3) is 3.46. The van der Waals surface area contributed by atoms with Crippen molar-refractivity contribution in [2.45, 2.75) is 32.7 Å². The summed E-state index contributed by atoms with van der Waals surface area (Å²) in [7, 11) is 0. The molecule has 5 rings (SSSR count). The second-order valence-corrected chi connectivity index (χ2v) is 7.92. The number of hydrogen-bond donors (Lipinski definition) is 0. The molecule has 1 aliphatic carbocycles. The number of anilines is 1. The molecule has 0 spiro atoms. The molecule has 0 aromatic carbocycles. The Hall–Kier alpha value is -3.28. The minimum Gasteiger partial charge on any atom is -0.325 e. The predicted octanol–water partition coefficient (Wildman–Crippen LogP) is 4.51. The Morgan fingerprint density at radius 1 is 1.03 bits per heavy atom. The molecule has 4 heterocycles. The van der Waals surface area contributed by atoms with E-state index >= 15 is 0 Å². The van der Waals surface area contributed by atoms with Crippen molar-refractivity contribution < 1.29 is 0 Å². The van der Waals surface area contributed by atoms with Crippen molar-refractivity contribution in [2.24, 2.45) is 5.92 Å². The second-order valence-electron chi connectivity index (χ2n) is 7.92. The number of allylic oxidation sites excluding steroid dienone is 3. The summed E-state index contributed by atoms with van der Waals surface area (Å²) in [4.78, 5) is 11.5. The van der Waals surface area contributed by atoms with E-state index in [9.17, 15) is 0 Å². The van der Waals surface area contributed by atoms with Gasteiger partial charge in [-0.05, 0) is 74.1 Å². The summed E-state index contributed by atoms with van der Waals surface area (Å²) in [6, 6.07) is 10.6. The van der Waals surface area contributed by atoms with Gasteiger partial charge in [-0.15, -0.1) is 10.2 Å². The standard InChI is InChI=1S/C23H24N6/c1-16(2)29-15-25-27-23(29)20-4-3-5-22(26-20)28-14-19(17-10-12-24-13-11-17)8-9-21(28)18-6-7-18/h3-5,8-13,15-16,18H,6-7,14H2,1-2H3. The maximum absolute atomic E-state index is 4.99. The molecule has 1 aliphatic heterocycles. The highest BCUT2D eigenvalue weighted by atomic mass is 15.3. The fourth-order valence-electron chi connectivity index (χ4n) is 3.79. The van der Waals surface area contributed by atoms with E-state index in [1.165, 1.54) is 29.7 Å². The molecule has 1 saturated carbocycles. The molecule has 3 aromatic heterocycles. The van der Waals surface area contributed by atoms with Gasteiger partial charge in [0.15, 0.2) is 5.82 Å². The lowest BCUT2D eigenvalue weighted by Gasteiger charge is -2.31. The fourth-order valence-corrected chi connectivity index (χ4v) is 3.79. The largest absolute Gasteiger partial charge is 0.325 e. The lowest BCUT2D eigenvalue weighted by atomic mass is 10.0. The molecule has 1 fully saturated rings. The van der Waals surface area contributed by atoms with Gasteiger partial charge in [-0.25, -0.2) is 4.98 Å². The van der Waals surface area contributed by atoms with Crippen LogP contribution in [0.4, 0.5) is 5.82 Å². The van der Waals surface area contributed by atoms with Crippen LogP contribution >= 0.6 is 0 Å². The molecule has 0 saturated heterocycles. The van der Waals surface area contributed by atoms with Crippen molar-refractivity contribution in [2.75, 3.05) is 11.4 Å². The molecule has 6 nitrogen and oxygen atoms in total. The Morgan fingerprint density at radius 2 is 1.86 bits per heavy atom. The molecule has 0 bridgehead atoms. The molecule has 0 N–H and O–H groups in total. The number of aromatic nitrogens is 5. The van der Waals surface area contributed by atoms with Gasteiger partial charge in [0, 0.05) is 30.7 Å². The van der Waals surface area contributed by atoms with Crippen molar-refractivity contribution in [3.05, 3.63) is 72.5 Å². The average molecular weight is 384 g/mol. The van der Waals surface area contributed by atoms with Crippen LogP contribution in [-0.2, 0) is 0 Å². The normalized spacial score (nSPS) is 16.7. The first-order valence-electron chi connectivity index (χ1n) is 10.2. The van der Waals surface area contributed by atoms with Gasteiger partial charge in [0.2, 0.25) is 0 Å². The lowest BCUT2D eigenvalue weighted by Crippen LogP contribution is -2.29. The van der Waals surface area contributed by atoms with E-state index in [2.05, 4.69) is 74.9 Å². The molecular weight excluding hydrogens is 360 g/mol. The van der Waals surface area contributed by atoms with Crippen LogP contribution in [0.3, 0.4) is 0 Å². The third-order valence-corrected chi connectivity index (χ3v) is 5.51. The Labute approximate surface area is 170 Å².